The van der Waals surface area contributed by atoms with Gasteiger partial charge in [0.2, 0.25) is 0 Å². The highest BCUT2D eigenvalue weighted by molar-refractivity contribution is 5.94. The van der Waals surface area contributed by atoms with E-state index >= 15 is 4.39 Å². The number of allylic oxidation sites excluding steroid dienone is 1. The first-order chi connectivity index (χ1) is 18.7. The summed E-state index contributed by atoms with van der Waals surface area (Å²) in [5.41, 5.74) is 1.69. The lowest BCUT2D eigenvalue weighted by Gasteiger charge is -2.15. The smallest absolute Gasteiger partial charge is 0.206 e. The highest BCUT2D eigenvalue weighted by Gasteiger charge is 2.38. The van der Waals surface area contributed by atoms with Gasteiger partial charge in [0.1, 0.15) is 23.0 Å². The Kier molecular flexibility index (Phi) is 7.04. The molecule has 5 aromatic carbocycles. The van der Waals surface area contributed by atoms with Gasteiger partial charge in [-0.05, 0) is 69.8 Å². The normalized spacial score (nSPS) is 11.6. The monoisotopic (exact) mass is 532 g/mol. The van der Waals surface area contributed by atoms with E-state index in [1.54, 1.807) is 36.4 Å². The van der Waals surface area contributed by atoms with Crippen molar-refractivity contribution < 1.29 is 26.3 Å². The molecule has 0 atom stereocenters. The van der Waals surface area contributed by atoms with Crippen LogP contribution in [0.3, 0.4) is 0 Å². The molecular formula is C33H22F6. The Morgan fingerprint density at radius 3 is 1.92 bits per heavy atom. The van der Waals surface area contributed by atoms with Crippen LogP contribution < -0.4 is 0 Å². The van der Waals surface area contributed by atoms with E-state index in [1.807, 2.05) is 30.3 Å². The van der Waals surface area contributed by atoms with Crippen molar-refractivity contribution in [1.29, 1.82) is 0 Å². The van der Waals surface area contributed by atoms with Crippen LogP contribution in [0.15, 0.2) is 104 Å². The van der Waals surface area contributed by atoms with Gasteiger partial charge in [-0.25, -0.2) is 13.2 Å². The van der Waals surface area contributed by atoms with Crippen molar-refractivity contribution >= 4 is 10.8 Å². The molecule has 0 fully saturated rings. The quantitative estimate of drug-likeness (QED) is 0.151. The number of aryl methyl sites for hydroxylation is 1. The molecule has 0 radical (unpaired) electrons. The fraction of sp³-hybridized carbons (Fsp3) is 0.0909. The summed E-state index contributed by atoms with van der Waals surface area (Å²) in [5.74, 6) is -4.00. The van der Waals surface area contributed by atoms with E-state index in [0.717, 1.165) is 24.0 Å². The van der Waals surface area contributed by atoms with Crippen LogP contribution in [0.4, 0.5) is 26.3 Å². The predicted molar refractivity (Wildman–Crippen MR) is 144 cm³/mol. The lowest BCUT2D eigenvalue weighted by Crippen LogP contribution is -2.11. The number of hydrogen-bond donors (Lipinski definition) is 0. The van der Waals surface area contributed by atoms with E-state index in [0.29, 0.717) is 28.5 Å². The second-order valence-electron chi connectivity index (χ2n) is 9.25. The standard InChI is InChI=1S/C33H22F6/c1-2-3-6-20-9-11-21(12-10-20)22-13-15-26-23(17-22)14-16-28(32(26)36)27-8-5-4-7-25(27)24-18-29(34)31(30(35)19-24)33(37,38)39/h2,4-5,7-19H,1,3,6H2. The van der Waals surface area contributed by atoms with Gasteiger partial charge in [-0.15, -0.1) is 6.58 Å². The highest BCUT2D eigenvalue weighted by Crippen LogP contribution is 2.40. The molecule has 0 saturated heterocycles. The van der Waals surface area contributed by atoms with Crippen molar-refractivity contribution in [1.82, 2.24) is 0 Å². The molecule has 5 aromatic rings. The minimum atomic E-state index is -5.18. The van der Waals surface area contributed by atoms with E-state index in [4.69, 9.17) is 0 Å². The van der Waals surface area contributed by atoms with Crippen LogP contribution >= 0.6 is 0 Å². The van der Waals surface area contributed by atoms with E-state index in [1.165, 1.54) is 11.6 Å². The minimum Gasteiger partial charge on any atom is -0.206 e. The summed E-state index contributed by atoms with van der Waals surface area (Å²) < 4.78 is 83.7. The lowest BCUT2D eigenvalue weighted by molar-refractivity contribution is -0.142. The molecular weight excluding hydrogens is 510 g/mol. The van der Waals surface area contributed by atoms with E-state index in [-0.39, 0.29) is 16.7 Å². The van der Waals surface area contributed by atoms with Crippen molar-refractivity contribution in [3.63, 3.8) is 0 Å². The number of rotatable bonds is 6. The number of fused-ring (bicyclic) bond motifs is 1. The van der Waals surface area contributed by atoms with Gasteiger partial charge < -0.3 is 0 Å². The van der Waals surface area contributed by atoms with Crippen LogP contribution in [0, 0.1) is 17.5 Å². The van der Waals surface area contributed by atoms with E-state index < -0.39 is 29.2 Å². The molecule has 6 heteroatoms. The summed E-state index contributed by atoms with van der Waals surface area (Å²) in [5, 5.41) is 1.01. The maximum atomic E-state index is 15.8. The van der Waals surface area contributed by atoms with Gasteiger partial charge >= 0.3 is 6.18 Å². The highest BCUT2D eigenvalue weighted by atomic mass is 19.4. The fourth-order valence-electron chi connectivity index (χ4n) is 4.78. The zero-order chi connectivity index (χ0) is 27.7. The van der Waals surface area contributed by atoms with E-state index in [2.05, 4.69) is 18.7 Å². The Hall–Kier alpha value is -4.32. The van der Waals surface area contributed by atoms with Gasteiger partial charge in [-0.1, -0.05) is 78.9 Å². The summed E-state index contributed by atoms with van der Waals surface area (Å²) in [6.45, 7) is 3.74. The summed E-state index contributed by atoms with van der Waals surface area (Å²) in [7, 11) is 0. The molecule has 5 rings (SSSR count). The van der Waals surface area contributed by atoms with Gasteiger partial charge in [0.15, 0.2) is 0 Å². The average Bonchev–Trinajstić information content (AvgIpc) is 2.91. The van der Waals surface area contributed by atoms with Crippen LogP contribution in [0.1, 0.15) is 17.5 Å². The van der Waals surface area contributed by atoms with Crippen molar-refractivity contribution in [2.24, 2.45) is 0 Å². The number of halogens is 6. The second-order valence-corrected chi connectivity index (χ2v) is 9.25. The molecule has 0 saturated carbocycles. The molecule has 0 unspecified atom stereocenters. The Morgan fingerprint density at radius 1 is 0.641 bits per heavy atom. The van der Waals surface area contributed by atoms with Gasteiger partial charge in [-0.2, -0.15) is 13.2 Å². The zero-order valence-electron chi connectivity index (χ0n) is 20.6. The Balaban J connectivity index is 1.55. The maximum Gasteiger partial charge on any atom is 0.422 e. The SMILES string of the molecule is C=CCCc1ccc(-c2ccc3c(F)c(-c4ccccc4-c4cc(F)c(C(F)(F)F)c(F)c4)ccc3c2)cc1. The Morgan fingerprint density at radius 2 is 1.28 bits per heavy atom. The molecule has 0 amide bonds. The summed E-state index contributed by atoms with van der Waals surface area (Å²) in [6, 6.07) is 24.3. The molecule has 0 aliphatic heterocycles. The zero-order valence-corrected chi connectivity index (χ0v) is 20.6. The molecule has 0 nitrogen and oxygen atoms in total. The third-order valence-electron chi connectivity index (χ3n) is 6.73. The van der Waals surface area contributed by atoms with Crippen LogP contribution in [0.25, 0.3) is 44.2 Å². The predicted octanol–water partition coefficient (Wildman–Crippen LogP) is 10.4. The molecule has 0 spiro atoms. The summed E-state index contributed by atoms with van der Waals surface area (Å²) >= 11 is 0. The second kappa shape index (κ2) is 10.4. The third kappa shape index (κ3) is 5.19. The van der Waals surface area contributed by atoms with Gasteiger partial charge in [0, 0.05) is 10.9 Å². The van der Waals surface area contributed by atoms with Crippen molar-refractivity contribution in [3.8, 4) is 33.4 Å². The molecule has 0 aliphatic rings. The molecule has 0 N–H and O–H groups in total. The molecule has 0 aliphatic carbocycles. The van der Waals surface area contributed by atoms with Gasteiger partial charge in [-0.3, -0.25) is 0 Å². The average molecular weight is 533 g/mol. The first-order valence-electron chi connectivity index (χ1n) is 12.3. The number of alkyl halides is 3. The molecule has 0 heterocycles. The van der Waals surface area contributed by atoms with Crippen LogP contribution in [-0.4, -0.2) is 0 Å². The first-order valence-corrected chi connectivity index (χ1v) is 12.3. The van der Waals surface area contributed by atoms with Gasteiger partial charge in [0.05, 0.1) is 0 Å². The molecule has 196 valence electrons. The van der Waals surface area contributed by atoms with Crippen molar-refractivity contribution in [3.05, 3.63) is 132 Å². The minimum absolute atomic E-state index is 0.125. The maximum absolute atomic E-state index is 15.8. The van der Waals surface area contributed by atoms with E-state index in [9.17, 15) is 22.0 Å². The first kappa shape index (κ1) is 26.3. The van der Waals surface area contributed by atoms with Crippen molar-refractivity contribution in [2.45, 2.75) is 19.0 Å². The Bertz CT molecular complexity index is 1660. The lowest BCUT2D eigenvalue weighted by atomic mass is 9.91. The van der Waals surface area contributed by atoms with Gasteiger partial charge in [0.25, 0.3) is 0 Å². The largest absolute Gasteiger partial charge is 0.422 e. The summed E-state index contributed by atoms with van der Waals surface area (Å²) in [4.78, 5) is 0. The van der Waals surface area contributed by atoms with Crippen LogP contribution in [0.2, 0.25) is 0 Å². The summed E-state index contributed by atoms with van der Waals surface area (Å²) in [6.07, 6.45) is -1.51. The Labute approximate surface area is 221 Å². The van der Waals surface area contributed by atoms with Crippen LogP contribution in [-0.2, 0) is 12.6 Å². The molecule has 0 bridgehead atoms. The molecule has 39 heavy (non-hydrogen) atoms. The topological polar surface area (TPSA) is 0 Å². The number of hydrogen-bond acceptors (Lipinski definition) is 0. The van der Waals surface area contributed by atoms with Crippen molar-refractivity contribution in [2.75, 3.05) is 0 Å². The number of benzene rings is 5. The third-order valence-corrected chi connectivity index (χ3v) is 6.73. The fourth-order valence-corrected chi connectivity index (χ4v) is 4.78. The molecule has 0 aromatic heterocycles. The van der Waals surface area contributed by atoms with Crippen LogP contribution in [0.5, 0.6) is 0 Å².